The monoisotopic (exact) mass is 136 g/mol. The summed E-state index contributed by atoms with van der Waals surface area (Å²) in [6.45, 7) is 4.41. The Morgan fingerprint density at radius 2 is 1.40 bits per heavy atom. The molecule has 0 N–H and O–H groups in total. The van der Waals surface area contributed by atoms with Gasteiger partial charge in [-0.1, -0.05) is 26.0 Å². The molecule has 0 spiro atoms. The fourth-order valence-electron chi connectivity index (χ4n) is 1.37. The Hall–Kier alpha value is -0.520. The van der Waals surface area contributed by atoms with E-state index < -0.39 is 0 Å². The van der Waals surface area contributed by atoms with Crippen molar-refractivity contribution in [3.8, 4) is 0 Å². The lowest BCUT2D eigenvalue weighted by molar-refractivity contribution is 0.806. The first-order valence-electron chi connectivity index (χ1n) is 4.27. The Morgan fingerprint density at radius 1 is 1.00 bits per heavy atom. The maximum atomic E-state index is 2.35. The quantitative estimate of drug-likeness (QED) is 0.545. The highest BCUT2D eigenvalue weighted by Crippen LogP contribution is 2.32. The zero-order valence-corrected chi connectivity index (χ0v) is 6.98. The number of hydrogen-bond donors (Lipinski definition) is 0. The molecule has 0 aromatic rings. The molecule has 1 rings (SSSR count). The lowest BCUT2D eigenvalue weighted by atomic mass is 9.84. The molecule has 0 saturated heterocycles. The first kappa shape index (κ1) is 7.59. The Kier molecular flexibility index (Phi) is 2.73. The summed E-state index contributed by atoms with van der Waals surface area (Å²) in [5.74, 6) is 0. The molecular formula is C10H16. The average molecular weight is 136 g/mol. The molecule has 0 heterocycles. The number of allylic oxidation sites excluding steroid dienone is 4. The highest BCUT2D eigenvalue weighted by atomic mass is 14.2. The first-order valence-corrected chi connectivity index (χ1v) is 4.27. The minimum Gasteiger partial charge on any atom is -0.0813 e. The Labute approximate surface area is 63.6 Å². The third-order valence-electron chi connectivity index (χ3n) is 1.98. The van der Waals surface area contributed by atoms with Crippen LogP contribution in [-0.2, 0) is 0 Å². The third kappa shape index (κ3) is 1.50. The highest BCUT2D eigenvalue weighted by Gasteiger charge is 2.13. The van der Waals surface area contributed by atoms with Crippen LogP contribution in [0.15, 0.2) is 23.3 Å². The van der Waals surface area contributed by atoms with Crippen LogP contribution in [-0.4, -0.2) is 0 Å². The van der Waals surface area contributed by atoms with E-state index in [2.05, 4.69) is 26.0 Å². The van der Waals surface area contributed by atoms with Crippen LogP contribution in [0.4, 0.5) is 0 Å². The van der Waals surface area contributed by atoms with Crippen molar-refractivity contribution in [2.24, 2.45) is 0 Å². The smallest absolute Gasteiger partial charge is 0.0239 e. The number of hydrogen-bond acceptors (Lipinski definition) is 0. The maximum Gasteiger partial charge on any atom is -0.0239 e. The zero-order chi connectivity index (χ0) is 7.40. The minimum atomic E-state index is 1.19. The van der Waals surface area contributed by atoms with Crippen molar-refractivity contribution >= 4 is 0 Å². The summed E-state index contributed by atoms with van der Waals surface area (Å²) in [5, 5.41) is 0. The van der Waals surface area contributed by atoms with Gasteiger partial charge in [0.15, 0.2) is 0 Å². The van der Waals surface area contributed by atoms with Crippen LogP contribution in [0.5, 0.6) is 0 Å². The third-order valence-corrected chi connectivity index (χ3v) is 1.98. The molecule has 0 radical (unpaired) electrons. The largest absolute Gasteiger partial charge is 0.0813 e. The summed E-state index contributed by atoms with van der Waals surface area (Å²) < 4.78 is 0. The molecule has 0 aliphatic heterocycles. The molecule has 0 atom stereocenters. The van der Waals surface area contributed by atoms with E-state index in [0.29, 0.717) is 0 Å². The van der Waals surface area contributed by atoms with Crippen molar-refractivity contribution < 1.29 is 0 Å². The summed E-state index contributed by atoms with van der Waals surface area (Å²) in [7, 11) is 0. The Bertz CT molecular complexity index is 141. The van der Waals surface area contributed by atoms with Crippen molar-refractivity contribution in [3.63, 3.8) is 0 Å². The molecule has 1 fully saturated rings. The lowest BCUT2D eigenvalue weighted by Crippen LogP contribution is -2.02. The van der Waals surface area contributed by atoms with Crippen LogP contribution in [0.2, 0.25) is 0 Å². The maximum absolute atomic E-state index is 2.35. The van der Waals surface area contributed by atoms with E-state index in [1.165, 1.54) is 25.7 Å². The Morgan fingerprint density at radius 3 is 1.60 bits per heavy atom. The van der Waals surface area contributed by atoms with Gasteiger partial charge in [0.05, 0.1) is 0 Å². The average Bonchev–Trinajstić information content (AvgIpc) is 1.93. The molecule has 1 aliphatic carbocycles. The van der Waals surface area contributed by atoms with Crippen LogP contribution in [0.1, 0.15) is 39.5 Å². The lowest BCUT2D eigenvalue weighted by Gasteiger charge is -2.21. The molecule has 0 bridgehead atoms. The van der Waals surface area contributed by atoms with Crippen molar-refractivity contribution in [1.82, 2.24) is 0 Å². The van der Waals surface area contributed by atoms with Crippen molar-refractivity contribution in [2.75, 3.05) is 0 Å². The van der Waals surface area contributed by atoms with E-state index >= 15 is 0 Å². The highest BCUT2D eigenvalue weighted by molar-refractivity contribution is 5.39. The molecule has 0 aromatic heterocycles. The summed E-state index contributed by atoms with van der Waals surface area (Å²) in [4.78, 5) is 0. The zero-order valence-electron chi connectivity index (χ0n) is 6.98. The van der Waals surface area contributed by atoms with E-state index in [1.807, 2.05) is 0 Å². The predicted molar refractivity (Wildman–Crippen MR) is 46.0 cm³/mol. The summed E-state index contributed by atoms with van der Waals surface area (Å²) in [6, 6.07) is 0. The molecular weight excluding hydrogens is 120 g/mol. The first-order chi connectivity index (χ1) is 4.88. The van der Waals surface area contributed by atoms with Gasteiger partial charge in [0.25, 0.3) is 0 Å². The van der Waals surface area contributed by atoms with Gasteiger partial charge >= 0.3 is 0 Å². The molecule has 0 aromatic carbocycles. The second-order valence-electron chi connectivity index (χ2n) is 2.78. The van der Waals surface area contributed by atoms with Crippen LogP contribution in [0.3, 0.4) is 0 Å². The van der Waals surface area contributed by atoms with Crippen molar-refractivity contribution in [3.05, 3.63) is 23.3 Å². The van der Waals surface area contributed by atoms with Gasteiger partial charge in [0.2, 0.25) is 0 Å². The number of rotatable bonds is 2. The van der Waals surface area contributed by atoms with E-state index in [9.17, 15) is 0 Å². The SMILES string of the molecule is CCC=C1CCC1=CCC. The van der Waals surface area contributed by atoms with Gasteiger partial charge in [0.1, 0.15) is 0 Å². The van der Waals surface area contributed by atoms with Crippen LogP contribution in [0, 0.1) is 0 Å². The van der Waals surface area contributed by atoms with Gasteiger partial charge in [0, 0.05) is 0 Å². The summed E-state index contributed by atoms with van der Waals surface area (Å²) >= 11 is 0. The van der Waals surface area contributed by atoms with E-state index in [1.54, 1.807) is 11.1 Å². The second-order valence-corrected chi connectivity index (χ2v) is 2.78. The van der Waals surface area contributed by atoms with E-state index in [-0.39, 0.29) is 0 Å². The van der Waals surface area contributed by atoms with Crippen LogP contribution >= 0.6 is 0 Å². The molecule has 1 aliphatic rings. The second kappa shape index (κ2) is 3.60. The molecule has 56 valence electrons. The molecule has 0 unspecified atom stereocenters. The van der Waals surface area contributed by atoms with E-state index in [4.69, 9.17) is 0 Å². The van der Waals surface area contributed by atoms with Gasteiger partial charge in [-0.3, -0.25) is 0 Å². The summed E-state index contributed by atoms with van der Waals surface area (Å²) in [5.41, 5.74) is 3.20. The molecule has 10 heavy (non-hydrogen) atoms. The predicted octanol–water partition coefficient (Wildman–Crippen LogP) is 3.45. The molecule has 0 amide bonds. The van der Waals surface area contributed by atoms with Crippen LogP contribution in [0.25, 0.3) is 0 Å². The van der Waals surface area contributed by atoms with Crippen molar-refractivity contribution in [1.29, 1.82) is 0 Å². The topological polar surface area (TPSA) is 0 Å². The van der Waals surface area contributed by atoms with Gasteiger partial charge < -0.3 is 0 Å². The van der Waals surface area contributed by atoms with Crippen molar-refractivity contribution in [2.45, 2.75) is 39.5 Å². The molecule has 1 saturated carbocycles. The van der Waals surface area contributed by atoms with Gasteiger partial charge in [-0.2, -0.15) is 0 Å². The van der Waals surface area contributed by atoms with Gasteiger partial charge in [-0.15, -0.1) is 0 Å². The minimum absolute atomic E-state index is 1.19. The standard InChI is InChI=1S/C10H16/c1-3-5-9-7-8-10(9)6-4-2/h5-6H,3-4,7-8H2,1-2H3. The fourth-order valence-corrected chi connectivity index (χ4v) is 1.37. The molecule has 0 nitrogen and oxygen atoms in total. The fraction of sp³-hybridized carbons (Fsp3) is 0.600. The summed E-state index contributed by atoms with van der Waals surface area (Å²) in [6.07, 6.45) is 9.72. The normalized spacial score (nSPS) is 25.4. The van der Waals surface area contributed by atoms with Gasteiger partial charge in [-0.05, 0) is 36.8 Å². The van der Waals surface area contributed by atoms with E-state index in [0.717, 1.165) is 0 Å². The van der Waals surface area contributed by atoms with Gasteiger partial charge in [-0.25, -0.2) is 0 Å². The Balaban J connectivity index is 2.50. The van der Waals surface area contributed by atoms with Crippen LogP contribution < -0.4 is 0 Å². The molecule has 0 heteroatoms.